The minimum atomic E-state index is -0.324. The Bertz CT molecular complexity index is 551. The Morgan fingerprint density at radius 3 is 2.89 bits per heavy atom. The summed E-state index contributed by atoms with van der Waals surface area (Å²) in [5.74, 6) is 0.504. The lowest BCUT2D eigenvalue weighted by atomic mass is 10.1. The zero-order valence-corrected chi connectivity index (χ0v) is 11.8. The Hall–Kier alpha value is -1.39. The standard InChI is InChI=1S/C14H17ClFN3/c1-9(2)17-7-12-8-18-14(19-12)5-10-3-4-11(16)6-13(10)15/h3-4,6,8-9,17H,5,7H2,1-2H3,(H,18,19). The molecule has 2 rings (SSSR count). The van der Waals surface area contributed by atoms with E-state index in [1.807, 2.05) is 6.20 Å². The van der Waals surface area contributed by atoms with Crippen molar-refractivity contribution in [2.45, 2.75) is 32.9 Å². The van der Waals surface area contributed by atoms with Gasteiger partial charge < -0.3 is 10.3 Å². The van der Waals surface area contributed by atoms with Crippen LogP contribution in [0.1, 0.15) is 30.9 Å². The zero-order valence-electron chi connectivity index (χ0n) is 11.0. The Morgan fingerprint density at radius 1 is 1.42 bits per heavy atom. The fourth-order valence-electron chi connectivity index (χ4n) is 1.74. The molecule has 2 aromatic rings. The lowest BCUT2D eigenvalue weighted by Gasteiger charge is -2.05. The second kappa shape index (κ2) is 6.17. The van der Waals surface area contributed by atoms with E-state index in [1.54, 1.807) is 6.07 Å². The number of imidazole rings is 1. The Kier molecular flexibility index (Phi) is 4.56. The van der Waals surface area contributed by atoms with Gasteiger partial charge in [-0.25, -0.2) is 9.37 Å². The average molecular weight is 282 g/mol. The largest absolute Gasteiger partial charge is 0.345 e. The molecule has 0 aliphatic carbocycles. The van der Waals surface area contributed by atoms with Gasteiger partial charge in [0, 0.05) is 35.9 Å². The molecule has 0 bridgehead atoms. The first-order valence-electron chi connectivity index (χ1n) is 6.24. The summed E-state index contributed by atoms with van der Waals surface area (Å²) in [7, 11) is 0. The van der Waals surface area contributed by atoms with Crippen molar-refractivity contribution in [1.29, 1.82) is 0 Å². The zero-order chi connectivity index (χ0) is 13.8. The highest BCUT2D eigenvalue weighted by Gasteiger charge is 2.06. The number of nitrogens with zero attached hydrogens (tertiary/aromatic N) is 1. The van der Waals surface area contributed by atoms with E-state index < -0.39 is 0 Å². The van der Waals surface area contributed by atoms with Gasteiger partial charge in [0.25, 0.3) is 0 Å². The third kappa shape index (κ3) is 4.04. The molecule has 0 atom stereocenters. The molecule has 0 fully saturated rings. The number of H-pyrrole nitrogens is 1. The summed E-state index contributed by atoms with van der Waals surface area (Å²) < 4.78 is 13.0. The minimum absolute atomic E-state index is 0.324. The summed E-state index contributed by atoms with van der Waals surface area (Å²) in [6.07, 6.45) is 2.38. The summed E-state index contributed by atoms with van der Waals surface area (Å²) in [5.41, 5.74) is 1.89. The molecular weight excluding hydrogens is 265 g/mol. The van der Waals surface area contributed by atoms with Crippen LogP contribution in [0, 0.1) is 5.82 Å². The second-order valence-electron chi connectivity index (χ2n) is 4.80. The molecule has 0 saturated carbocycles. The highest BCUT2D eigenvalue weighted by molar-refractivity contribution is 6.31. The van der Waals surface area contributed by atoms with E-state index in [-0.39, 0.29) is 5.82 Å². The van der Waals surface area contributed by atoms with Gasteiger partial charge in [-0.15, -0.1) is 0 Å². The molecule has 5 heteroatoms. The van der Waals surface area contributed by atoms with Gasteiger partial charge in [-0.3, -0.25) is 0 Å². The smallest absolute Gasteiger partial charge is 0.124 e. The summed E-state index contributed by atoms with van der Waals surface area (Å²) >= 11 is 5.99. The lowest BCUT2D eigenvalue weighted by Crippen LogP contribution is -2.21. The molecule has 2 N–H and O–H groups in total. The van der Waals surface area contributed by atoms with E-state index in [0.717, 1.165) is 23.6 Å². The van der Waals surface area contributed by atoms with Gasteiger partial charge >= 0.3 is 0 Å². The van der Waals surface area contributed by atoms with Gasteiger partial charge in [-0.1, -0.05) is 31.5 Å². The van der Waals surface area contributed by atoms with Crippen molar-refractivity contribution in [2.75, 3.05) is 0 Å². The molecule has 1 heterocycles. The van der Waals surface area contributed by atoms with Crippen molar-refractivity contribution in [1.82, 2.24) is 15.3 Å². The first-order valence-corrected chi connectivity index (χ1v) is 6.62. The number of halogens is 2. The van der Waals surface area contributed by atoms with Crippen LogP contribution in [0.25, 0.3) is 0 Å². The minimum Gasteiger partial charge on any atom is -0.345 e. The number of rotatable bonds is 5. The highest BCUT2D eigenvalue weighted by atomic mass is 35.5. The number of hydrogen-bond acceptors (Lipinski definition) is 2. The van der Waals surface area contributed by atoms with E-state index in [2.05, 4.69) is 29.1 Å². The van der Waals surface area contributed by atoms with Gasteiger partial charge in [-0.2, -0.15) is 0 Å². The fraction of sp³-hybridized carbons (Fsp3) is 0.357. The Morgan fingerprint density at radius 2 is 2.21 bits per heavy atom. The van der Waals surface area contributed by atoms with Crippen LogP contribution in [0.3, 0.4) is 0 Å². The monoisotopic (exact) mass is 281 g/mol. The van der Waals surface area contributed by atoms with Crippen LogP contribution < -0.4 is 5.32 Å². The summed E-state index contributed by atoms with van der Waals surface area (Å²) in [5, 5.41) is 3.74. The molecule has 1 aromatic carbocycles. The van der Waals surface area contributed by atoms with Crippen molar-refractivity contribution >= 4 is 11.6 Å². The molecule has 102 valence electrons. The molecule has 0 saturated heterocycles. The van der Waals surface area contributed by atoms with Crippen molar-refractivity contribution in [2.24, 2.45) is 0 Å². The normalized spacial score (nSPS) is 11.2. The lowest BCUT2D eigenvalue weighted by molar-refractivity contribution is 0.582. The van der Waals surface area contributed by atoms with Gasteiger partial charge in [0.2, 0.25) is 0 Å². The van der Waals surface area contributed by atoms with Crippen molar-refractivity contribution in [3.63, 3.8) is 0 Å². The molecule has 0 radical (unpaired) electrons. The van der Waals surface area contributed by atoms with Gasteiger partial charge in [-0.05, 0) is 17.7 Å². The maximum atomic E-state index is 13.0. The van der Waals surface area contributed by atoms with Gasteiger partial charge in [0.15, 0.2) is 0 Å². The third-order valence-corrected chi connectivity index (χ3v) is 3.11. The van der Waals surface area contributed by atoms with Crippen LogP contribution in [-0.4, -0.2) is 16.0 Å². The molecule has 0 amide bonds. The second-order valence-corrected chi connectivity index (χ2v) is 5.21. The van der Waals surface area contributed by atoms with E-state index in [4.69, 9.17) is 11.6 Å². The number of aromatic amines is 1. The van der Waals surface area contributed by atoms with Crippen molar-refractivity contribution in [3.05, 3.63) is 52.3 Å². The average Bonchev–Trinajstić information content (AvgIpc) is 2.78. The molecule has 0 unspecified atom stereocenters. The van der Waals surface area contributed by atoms with E-state index in [9.17, 15) is 4.39 Å². The molecule has 0 aliphatic heterocycles. The van der Waals surface area contributed by atoms with E-state index >= 15 is 0 Å². The summed E-state index contributed by atoms with van der Waals surface area (Å²) in [6, 6.07) is 4.84. The van der Waals surface area contributed by atoms with Crippen LogP contribution in [0.2, 0.25) is 5.02 Å². The fourth-order valence-corrected chi connectivity index (χ4v) is 1.98. The van der Waals surface area contributed by atoms with Crippen LogP contribution >= 0.6 is 11.6 Å². The third-order valence-electron chi connectivity index (χ3n) is 2.75. The van der Waals surface area contributed by atoms with Crippen LogP contribution in [0.15, 0.2) is 24.4 Å². The van der Waals surface area contributed by atoms with Crippen molar-refractivity contribution in [3.8, 4) is 0 Å². The molecule has 19 heavy (non-hydrogen) atoms. The predicted molar refractivity (Wildman–Crippen MR) is 74.8 cm³/mol. The Balaban J connectivity index is 2.03. The van der Waals surface area contributed by atoms with E-state index in [0.29, 0.717) is 17.5 Å². The van der Waals surface area contributed by atoms with Gasteiger partial charge in [0.1, 0.15) is 11.6 Å². The first kappa shape index (κ1) is 14.0. The quantitative estimate of drug-likeness (QED) is 0.883. The topological polar surface area (TPSA) is 40.7 Å². The number of aromatic nitrogens is 2. The van der Waals surface area contributed by atoms with Crippen LogP contribution in [0.5, 0.6) is 0 Å². The molecular formula is C14H17ClFN3. The predicted octanol–water partition coefficient (Wildman–Crippen LogP) is 3.29. The number of hydrogen-bond donors (Lipinski definition) is 2. The summed E-state index contributed by atoms with van der Waals surface area (Å²) in [6.45, 7) is 4.94. The summed E-state index contributed by atoms with van der Waals surface area (Å²) in [4.78, 5) is 7.54. The maximum Gasteiger partial charge on any atom is 0.124 e. The van der Waals surface area contributed by atoms with Gasteiger partial charge in [0.05, 0.1) is 0 Å². The molecule has 3 nitrogen and oxygen atoms in total. The van der Waals surface area contributed by atoms with Crippen molar-refractivity contribution < 1.29 is 4.39 Å². The highest BCUT2D eigenvalue weighted by Crippen LogP contribution is 2.19. The number of benzene rings is 1. The molecule has 0 spiro atoms. The Labute approximate surface area is 117 Å². The first-order chi connectivity index (χ1) is 9.04. The van der Waals surface area contributed by atoms with Crippen LogP contribution in [0.4, 0.5) is 4.39 Å². The molecule has 1 aromatic heterocycles. The number of nitrogens with one attached hydrogen (secondary N) is 2. The van der Waals surface area contributed by atoms with E-state index in [1.165, 1.54) is 12.1 Å². The maximum absolute atomic E-state index is 13.0. The SMILES string of the molecule is CC(C)NCc1cnc(Cc2ccc(F)cc2Cl)[nH]1. The molecule has 0 aliphatic rings. The van der Waals surface area contributed by atoms with Crippen LogP contribution in [-0.2, 0) is 13.0 Å².